The number of ketones is 2. The average molecular weight is 417 g/mol. The summed E-state index contributed by atoms with van der Waals surface area (Å²) < 4.78 is 10.3. The van der Waals surface area contributed by atoms with Gasteiger partial charge in [-0.3, -0.25) is 14.4 Å². The Morgan fingerprint density at radius 2 is 2.07 bits per heavy atom. The maximum Gasteiger partial charge on any atom is 0.274 e. The van der Waals surface area contributed by atoms with E-state index in [9.17, 15) is 19.5 Å². The zero-order valence-corrected chi connectivity index (χ0v) is 16.3. The van der Waals surface area contributed by atoms with Crippen LogP contribution in [0.2, 0.25) is 0 Å². The standard InChI is InChI=1S/C19H19N3O6S/c1-20-19(26)16-15-17(25)13(9-12(23)18(15)28-22-16)29-8-7-27-10-14(24)21-11-5-3-2-4-6-11/h2-6,9,14,21,24H,7-8,10H2,1H3,(H,20,26). The van der Waals surface area contributed by atoms with Gasteiger partial charge in [0.25, 0.3) is 5.91 Å². The summed E-state index contributed by atoms with van der Waals surface area (Å²) in [6, 6.07) is 9.21. The molecule has 0 saturated heterocycles. The molecule has 0 fully saturated rings. The van der Waals surface area contributed by atoms with Crippen LogP contribution in [0.1, 0.15) is 31.4 Å². The van der Waals surface area contributed by atoms with Gasteiger partial charge in [0.1, 0.15) is 11.8 Å². The summed E-state index contributed by atoms with van der Waals surface area (Å²) in [7, 11) is 1.39. The number of thioether (sulfide) groups is 1. The van der Waals surface area contributed by atoms with E-state index >= 15 is 0 Å². The van der Waals surface area contributed by atoms with Crippen LogP contribution >= 0.6 is 11.8 Å². The van der Waals surface area contributed by atoms with E-state index in [2.05, 4.69) is 15.8 Å². The molecule has 0 radical (unpaired) electrons. The second-order valence-corrected chi connectivity index (χ2v) is 7.10. The van der Waals surface area contributed by atoms with Crippen LogP contribution in [0.5, 0.6) is 0 Å². The topological polar surface area (TPSA) is 131 Å². The van der Waals surface area contributed by atoms with Crippen LogP contribution in [0.4, 0.5) is 5.69 Å². The Morgan fingerprint density at radius 3 is 2.79 bits per heavy atom. The van der Waals surface area contributed by atoms with Gasteiger partial charge in [0.2, 0.25) is 17.3 Å². The van der Waals surface area contributed by atoms with E-state index in [0.717, 1.165) is 17.4 Å². The van der Waals surface area contributed by atoms with Gasteiger partial charge in [-0.05, 0) is 12.1 Å². The van der Waals surface area contributed by atoms with Crippen LogP contribution in [-0.4, -0.2) is 60.0 Å². The van der Waals surface area contributed by atoms with E-state index in [-0.39, 0.29) is 35.1 Å². The third-order valence-corrected chi connectivity index (χ3v) is 4.92. The molecule has 1 amide bonds. The number of carbonyl (C=O) groups excluding carboxylic acids is 3. The molecule has 9 nitrogen and oxygen atoms in total. The van der Waals surface area contributed by atoms with Gasteiger partial charge < -0.3 is 25.0 Å². The van der Waals surface area contributed by atoms with Crippen LogP contribution in [-0.2, 0) is 4.74 Å². The van der Waals surface area contributed by atoms with Crippen molar-refractivity contribution in [1.29, 1.82) is 0 Å². The monoisotopic (exact) mass is 417 g/mol. The Bertz CT molecular complexity index is 941. The molecule has 2 aromatic rings. The third-order valence-electron chi connectivity index (χ3n) is 3.94. The summed E-state index contributed by atoms with van der Waals surface area (Å²) in [5, 5.41) is 18.7. The van der Waals surface area contributed by atoms with Crippen molar-refractivity contribution >= 4 is 34.9 Å². The molecule has 0 saturated carbocycles. The van der Waals surface area contributed by atoms with Crippen molar-refractivity contribution in [2.45, 2.75) is 6.23 Å². The molecule has 10 heteroatoms. The number of anilines is 1. The Labute approximate surface area is 170 Å². The number of aliphatic hydroxyl groups is 1. The number of carbonyl (C=O) groups is 3. The number of hydrogen-bond acceptors (Lipinski definition) is 9. The van der Waals surface area contributed by atoms with E-state index in [4.69, 9.17) is 9.26 Å². The number of Topliss-reactive ketones (excluding diaryl/α,β-unsaturated/α-hetero) is 1. The molecule has 1 atom stereocenters. The predicted octanol–water partition coefficient (Wildman–Crippen LogP) is 1.48. The lowest BCUT2D eigenvalue weighted by atomic mass is 10.00. The van der Waals surface area contributed by atoms with Gasteiger partial charge in [0.05, 0.1) is 18.1 Å². The number of amides is 1. The van der Waals surface area contributed by atoms with Gasteiger partial charge in [0, 0.05) is 24.6 Å². The number of ether oxygens (including phenoxy) is 1. The molecule has 0 aliphatic heterocycles. The molecule has 1 unspecified atom stereocenters. The minimum Gasteiger partial charge on any atom is -0.376 e. The summed E-state index contributed by atoms with van der Waals surface area (Å²) in [6.45, 7) is 0.299. The molecule has 152 valence electrons. The SMILES string of the molecule is CNC(=O)c1noc2c1C(=O)C(SCCOCC(O)Nc1ccccc1)=CC2=O. The fourth-order valence-electron chi connectivity index (χ4n) is 2.60. The Morgan fingerprint density at radius 1 is 1.31 bits per heavy atom. The molecular weight excluding hydrogens is 398 g/mol. The highest BCUT2D eigenvalue weighted by Crippen LogP contribution is 2.30. The van der Waals surface area contributed by atoms with E-state index in [0.29, 0.717) is 5.75 Å². The van der Waals surface area contributed by atoms with Crippen molar-refractivity contribution in [1.82, 2.24) is 10.5 Å². The number of para-hydroxylation sites is 1. The van der Waals surface area contributed by atoms with E-state index < -0.39 is 23.7 Å². The molecule has 1 aliphatic carbocycles. The van der Waals surface area contributed by atoms with Gasteiger partial charge in [-0.1, -0.05) is 23.4 Å². The smallest absolute Gasteiger partial charge is 0.274 e. The van der Waals surface area contributed by atoms with E-state index in [1.165, 1.54) is 13.1 Å². The molecule has 1 aromatic heterocycles. The second kappa shape index (κ2) is 9.50. The number of rotatable bonds is 9. The normalized spacial score (nSPS) is 14.2. The first-order chi connectivity index (χ1) is 14.0. The molecule has 1 aromatic carbocycles. The molecule has 29 heavy (non-hydrogen) atoms. The van der Waals surface area contributed by atoms with Crippen molar-refractivity contribution in [3.8, 4) is 0 Å². The Kier molecular flexibility index (Phi) is 6.81. The van der Waals surface area contributed by atoms with Crippen LogP contribution < -0.4 is 10.6 Å². The maximum atomic E-state index is 12.6. The molecule has 1 heterocycles. The molecule has 3 rings (SSSR count). The molecular formula is C19H19N3O6S. The van der Waals surface area contributed by atoms with Gasteiger partial charge in [-0.25, -0.2) is 0 Å². The van der Waals surface area contributed by atoms with Crippen molar-refractivity contribution in [3.05, 3.63) is 58.3 Å². The lowest BCUT2D eigenvalue weighted by Crippen LogP contribution is -2.25. The highest BCUT2D eigenvalue weighted by atomic mass is 32.2. The number of fused-ring (bicyclic) bond motifs is 1. The zero-order valence-electron chi connectivity index (χ0n) is 15.5. The minimum atomic E-state index is -0.880. The van der Waals surface area contributed by atoms with Crippen LogP contribution in [0.15, 0.2) is 45.8 Å². The summed E-state index contributed by atoms with van der Waals surface area (Å²) in [4.78, 5) is 36.8. The highest BCUT2D eigenvalue weighted by molar-refractivity contribution is 8.04. The summed E-state index contributed by atoms with van der Waals surface area (Å²) in [5.74, 6) is -1.47. The van der Waals surface area contributed by atoms with Gasteiger partial charge in [0.15, 0.2) is 5.69 Å². The second-order valence-electron chi connectivity index (χ2n) is 5.97. The van der Waals surface area contributed by atoms with Crippen molar-refractivity contribution < 1.29 is 28.8 Å². The quantitative estimate of drug-likeness (QED) is 0.410. The van der Waals surface area contributed by atoms with Gasteiger partial charge in [-0.15, -0.1) is 11.8 Å². The van der Waals surface area contributed by atoms with Gasteiger partial charge in [-0.2, -0.15) is 0 Å². The summed E-state index contributed by atoms with van der Waals surface area (Å²) in [6.07, 6.45) is 0.286. The maximum absolute atomic E-state index is 12.6. The number of allylic oxidation sites excluding steroid dienone is 2. The number of benzene rings is 1. The largest absolute Gasteiger partial charge is 0.376 e. The molecule has 3 N–H and O–H groups in total. The van der Waals surface area contributed by atoms with Crippen molar-refractivity contribution in [2.24, 2.45) is 0 Å². The van der Waals surface area contributed by atoms with Crippen LogP contribution in [0, 0.1) is 0 Å². The van der Waals surface area contributed by atoms with Crippen LogP contribution in [0.25, 0.3) is 0 Å². The van der Waals surface area contributed by atoms with E-state index in [1.54, 1.807) is 0 Å². The third kappa shape index (κ3) is 4.91. The number of hydrogen-bond donors (Lipinski definition) is 3. The zero-order chi connectivity index (χ0) is 20.8. The van der Waals surface area contributed by atoms with Gasteiger partial charge >= 0.3 is 0 Å². The first-order valence-electron chi connectivity index (χ1n) is 8.74. The summed E-state index contributed by atoms with van der Waals surface area (Å²) >= 11 is 1.12. The fourth-order valence-corrected chi connectivity index (χ4v) is 3.44. The lowest BCUT2D eigenvalue weighted by Gasteiger charge is -2.15. The first kappa shape index (κ1) is 20.8. The predicted molar refractivity (Wildman–Crippen MR) is 106 cm³/mol. The summed E-state index contributed by atoms with van der Waals surface area (Å²) in [5.41, 5.74) is 0.437. The number of nitrogens with one attached hydrogen (secondary N) is 2. The average Bonchev–Trinajstić information content (AvgIpc) is 3.17. The molecule has 0 spiro atoms. The Balaban J connectivity index is 1.49. The Hall–Kier alpha value is -2.95. The van der Waals surface area contributed by atoms with Crippen molar-refractivity contribution in [2.75, 3.05) is 31.3 Å². The van der Waals surface area contributed by atoms with E-state index in [1.807, 2.05) is 30.3 Å². The number of aromatic nitrogens is 1. The van der Waals surface area contributed by atoms with Crippen LogP contribution in [0.3, 0.4) is 0 Å². The lowest BCUT2D eigenvalue weighted by molar-refractivity contribution is 0.0586. The fraction of sp³-hybridized carbons (Fsp3) is 0.263. The number of aliphatic hydroxyl groups excluding tert-OH is 1. The molecule has 1 aliphatic rings. The minimum absolute atomic E-state index is 0.0536. The highest BCUT2D eigenvalue weighted by Gasteiger charge is 2.35. The first-order valence-corrected chi connectivity index (χ1v) is 9.72. The van der Waals surface area contributed by atoms with Crippen molar-refractivity contribution in [3.63, 3.8) is 0 Å². The molecule has 0 bridgehead atoms. The number of nitrogens with zero attached hydrogens (tertiary/aromatic N) is 1.